The quantitative estimate of drug-likeness (QED) is 0.701. The van der Waals surface area contributed by atoms with Crippen LogP contribution in [0, 0.1) is 6.92 Å². The maximum Gasteiger partial charge on any atom is 0.282 e. The molecule has 1 aliphatic rings. The summed E-state index contributed by atoms with van der Waals surface area (Å²) in [6.45, 7) is 13.7. The van der Waals surface area contributed by atoms with E-state index in [9.17, 15) is 13.2 Å². The summed E-state index contributed by atoms with van der Waals surface area (Å²) in [5, 5.41) is 2.90. The summed E-state index contributed by atoms with van der Waals surface area (Å²) < 4.78 is 33.0. The fourth-order valence-electron chi connectivity index (χ4n) is 3.76. The van der Waals surface area contributed by atoms with E-state index < -0.39 is 10.0 Å². The monoisotopic (exact) mass is 412 g/mol. The van der Waals surface area contributed by atoms with Crippen molar-refractivity contribution in [3.8, 4) is 0 Å². The lowest BCUT2D eigenvalue weighted by molar-refractivity contribution is -0.928. The summed E-state index contributed by atoms with van der Waals surface area (Å²) in [7, 11) is -3.59. The third-order valence-corrected chi connectivity index (χ3v) is 7.54. The number of amides is 1. The Bertz CT molecular complexity index is 783. The van der Waals surface area contributed by atoms with Crippen molar-refractivity contribution in [2.45, 2.75) is 64.7 Å². The van der Waals surface area contributed by atoms with Gasteiger partial charge < -0.3 is 15.0 Å². The second-order valence-corrected chi connectivity index (χ2v) is 9.51. The van der Waals surface area contributed by atoms with Crippen molar-refractivity contribution in [1.82, 2.24) is 4.31 Å². The lowest BCUT2D eigenvalue weighted by Crippen LogP contribution is -3.19. The van der Waals surface area contributed by atoms with E-state index in [4.69, 9.17) is 4.74 Å². The molecule has 0 bridgehead atoms. The van der Waals surface area contributed by atoms with Crippen molar-refractivity contribution >= 4 is 21.6 Å². The largest absolute Gasteiger partial charge is 0.364 e. The highest BCUT2D eigenvalue weighted by molar-refractivity contribution is 7.89. The van der Waals surface area contributed by atoms with E-state index in [1.807, 2.05) is 34.6 Å². The van der Waals surface area contributed by atoms with Crippen LogP contribution in [0.3, 0.4) is 0 Å². The molecule has 8 heteroatoms. The molecule has 2 N–H and O–H groups in total. The predicted molar refractivity (Wildman–Crippen MR) is 110 cm³/mol. The maximum absolute atomic E-state index is 12.9. The minimum Gasteiger partial charge on any atom is -0.364 e. The van der Waals surface area contributed by atoms with Crippen molar-refractivity contribution < 1.29 is 22.8 Å². The van der Waals surface area contributed by atoms with E-state index in [0.717, 1.165) is 13.1 Å². The predicted octanol–water partition coefficient (Wildman–Crippen LogP) is 1.04. The van der Waals surface area contributed by atoms with Gasteiger partial charge in [0.1, 0.15) is 25.3 Å². The fourth-order valence-corrected chi connectivity index (χ4v) is 5.47. The summed E-state index contributed by atoms with van der Waals surface area (Å²) in [4.78, 5) is 14.2. The molecule has 1 fully saturated rings. The van der Waals surface area contributed by atoms with Gasteiger partial charge in [-0.2, -0.15) is 4.31 Å². The Hall–Kier alpha value is -1.48. The SMILES string of the molecule is CCN(CC)S(=O)(=O)c1cc(NC(=O)[C@H](C)[NH+]2C[C@@H](C)O[C@H](C)C2)ccc1C. The Labute approximate surface area is 169 Å². The zero-order valence-electron chi connectivity index (χ0n) is 17.8. The summed E-state index contributed by atoms with van der Waals surface area (Å²) in [6, 6.07) is 4.80. The number of rotatable bonds is 7. The number of ether oxygens (including phenoxy) is 1. The minimum absolute atomic E-state index is 0.110. The smallest absolute Gasteiger partial charge is 0.282 e. The van der Waals surface area contributed by atoms with Crippen LogP contribution >= 0.6 is 0 Å². The Kier molecular flexibility index (Phi) is 7.61. The van der Waals surface area contributed by atoms with E-state index in [1.165, 1.54) is 9.21 Å². The third kappa shape index (κ3) is 5.11. The molecule has 0 aromatic heterocycles. The van der Waals surface area contributed by atoms with Gasteiger partial charge in [0, 0.05) is 18.8 Å². The number of quaternary nitrogens is 1. The fraction of sp³-hybridized carbons (Fsp3) is 0.650. The van der Waals surface area contributed by atoms with Gasteiger partial charge in [0.05, 0.1) is 4.90 Å². The summed E-state index contributed by atoms with van der Waals surface area (Å²) in [5.41, 5.74) is 1.17. The summed E-state index contributed by atoms with van der Waals surface area (Å²) in [6.07, 6.45) is 0.221. The van der Waals surface area contributed by atoms with Crippen LogP contribution in [0.25, 0.3) is 0 Å². The number of benzene rings is 1. The molecular formula is C20H34N3O4S+. The maximum atomic E-state index is 12.9. The van der Waals surface area contributed by atoms with Gasteiger partial charge in [-0.05, 0) is 45.4 Å². The van der Waals surface area contributed by atoms with Crippen molar-refractivity contribution in [3.63, 3.8) is 0 Å². The van der Waals surface area contributed by atoms with Crippen LogP contribution in [-0.2, 0) is 19.6 Å². The molecule has 0 spiro atoms. The number of nitrogens with one attached hydrogen (secondary N) is 2. The normalized spacial score (nSPS) is 24.2. The number of hydrogen-bond donors (Lipinski definition) is 2. The van der Waals surface area contributed by atoms with Crippen LogP contribution in [-0.4, -0.2) is 63.1 Å². The van der Waals surface area contributed by atoms with Crippen LogP contribution in [0.5, 0.6) is 0 Å². The Balaban J connectivity index is 2.19. The molecule has 1 saturated heterocycles. The first-order valence-electron chi connectivity index (χ1n) is 10.0. The summed E-state index contributed by atoms with van der Waals surface area (Å²) >= 11 is 0. The van der Waals surface area contributed by atoms with E-state index in [0.29, 0.717) is 24.3 Å². The van der Waals surface area contributed by atoms with E-state index >= 15 is 0 Å². The second-order valence-electron chi connectivity index (χ2n) is 7.60. The van der Waals surface area contributed by atoms with Gasteiger partial charge in [0.15, 0.2) is 6.04 Å². The molecule has 28 heavy (non-hydrogen) atoms. The first-order valence-corrected chi connectivity index (χ1v) is 11.5. The van der Waals surface area contributed by atoms with Gasteiger partial charge in [-0.15, -0.1) is 0 Å². The van der Waals surface area contributed by atoms with Crippen LogP contribution in [0.1, 0.15) is 40.2 Å². The standard InChI is InChI=1S/C20H33N3O4S/c1-7-23(8-2)28(25,26)19-11-18(10-9-14(19)3)21-20(24)17(6)22-12-15(4)27-16(5)13-22/h9-11,15-17H,7-8,12-13H2,1-6H3,(H,21,24)/p+1/t15-,16-,17+/m1/s1. The number of morpholine rings is 1. The number of nitrogens with zero attached hydrogens (tertiary/aromatic N) is 1. The highest BCUT2D eigenvalue weighted by Gasteiger charge is 2.33. The number of carbonyl (C=O) groups is 1. The van der Waals surface area contributed by atoms with Gasteiger partial charge in [0.2, 0.25) is 10.0 Å². The first-order chi connectivity index (χ1) is 13.1. The molecule has 0 radical (unpaired) electrons. The molecule has 2 rings (SSSR count). The van der Waals surface area contributed by atoms with Crippen LogP contribution in [0.2, 0.25) is 0 Å². The third-order valence-electron chi connectivity index (χ3n) is 5.35. The number of carbonyl (C=O) groups excluding carboxylic acids is 1. The molecule has 1 amide bonds. The van der Waals surface area contributed by atoms with Crippen molar-refractivity contribution in [1.29, 1.82) is 0 Å². The zero-order valence-corrected chi connectivity index (χ0v) is 18.6. The second kappa shape index (κ2) is 9.35. The molecule has 0 unspecified atom stereocenters. The van der Waals surface area contributed by atoms with Crippen LogP contribution in [0.15, 0.2) is 23.1 Å². The lowest BCUT2D eigenvalue weighted by atomic mass is 10.1. The molecule has 3 atom stereocenters. The highest BCUT2D eigenvalue weighted by atomic mass is 32.2. The van der Waals surface area contributed by atoms with Gasteiger partial charge >= 0.3 is 0 Å². The first kappa shape index (κ1) is 22.8. The van der Waals surface area contributed by atoms with Crippen molar-refractivity contribution in [3.05, 3.63) is 23.8 Å². The van der Waals surface area contributed by atoms with Gasteiger partial charge in [0.25, 0.3) is 5.91 Å². The molecule has 0 aliphatic carbocycles. The highest BCUT2D eigenvalue weighted by Crippen LogP contribution is 2.23. The van der Waals surface area contributed by atoms with Gasteiger partial charge in [-0.25, -0.2) is 8.42 Å². The summed E-state index contributed by atoms with van der Waals surface area (Å²) in [5.74, 6) is -0.119. The molecular weight excluding hydrogens is 378 g/mol. The number of anilines is 1. The van der Waals surface area contributed by atoms with Gasteiger partial charge in [-0.3, -0.25) is 4.79 Å². The average Bonchev–Trinajstić information content (AvgIpc) is 2.62. The lowest BCUT2D eigenvalue weighted by Gasteiger charge is -2.35. The molecule has 7 nitrogen and oxygen atoms in total. The topological polar surface area (TPSA) is 80.2 Å². The Morgan fingerprint density at radius 1 is 1.25 bits per heavy atom. The van der Waals surface area contributed by atoms with E-state index in [2.05, 4.69) is 5.32 Å². The van der Waals surface area contributed by atoms with Crippen LogP contribution in [0.4, 0.5) is 5.69 Å². The number of hydrogen-bond acceptors (Lipinski definition) is 4. The Morgan fingerprint density at radius 3 is 2.36 bits per heavy atom. The molecule has 0 saturated carbocycles. The van der Waals surface area contributed by atoms with Crippen molar-refractivity contribution in [2.75, 3.05) is 31.5 Å². The molecule has 1 aromatic rings. The molecule has 1 heterocycles. The zero-order chi connectivity index (χ0) is 21.1. The Morgan fingerprint density at radius 2 is 1.82 bits per heavy atom. The van der Waals surface area contributed by atoms with E-state index in [1.54, 1.807) is 25.1 Å². The van der Waals surface area contributed by atoms with Crippen LogP contribution < -0.4 is 10.2 Å². The number of sulfonamides is 1. The van der Waals surface area contributed by atoms with Gasteiger partial charge in [-0.1, -0.05) is 19.9 Å². The molecule has 1 aliphatic heterocycles. The average molecular weight is 413 g/mol. The number of aryl methyl sites for hydroxylation is 1. The van der Waals surface area contributed by atoms with Crippen molar-refractivity contribution in [2.24, 2.45) is 0 Å². The van der Waals surface area contributed by atoms with E-state index in [-0.39, 0.29) is 29.1 Å². The minimum atomic E-state index is -3.59. The molecule has 1 aromatic carbocycles. The molecule has 158 valence electrons.